The van der Waals surface area contributed by atoms with Crippen LogP contribution in [0.15, 0.2) is 71.1 Å². The Bertz CT molecular complexity index is 1290. The molecule has 0 radical (unpaired) electrons. The second-order valence-electron chi connectivity index (χ2n) is 8.14. The van der Waals surface area contributed by atoms with Crippen LogP contribution in [0.5, 0.6) is 5.75 Å². The van der Waals surface area contributed by atoms with Crippen molar-refractivity contribution >= 4 is 28.3 Å². The summed E-state index contributed by atoms with van der Waals surface area (Å²) in [5.41, 5.74) is 9.16. The summed E-state index contributed by atoms with van der Waals surface area (Å²) in [6.45, 7) is 1.90. The van der Waals surface area contributed by atoms with Crippen LogP contribution in [-0.2, 0) is 0 Å². The average Bonchev–Trinajstić information content (AvgIpc) is 3.25. The normalized spacial score (nSPS) is 14.3. The van der Waals surface area contributed by atoms with E-state index in [-0.39, 0.29) is 17.7 Å². The Morgan fingerprint density at radius 3 is 2.55 bits per heavy atom. The quantitative estimate of drug-likeness (QED) is 0.367. The Balaban J connectivity index is 1.34. The van der Waals surface area contributed by atoms with Crippen molar-refractivity contribution in [2.45, 2.75) is 18.9 Å². The van der Waals surface area contributed by atoms with Gasteiger partial charge in [0.05, 0.1) is 11.4 Å². The molecule has 0 unspecified atom stereocenters. The highest BCUT2D eigenvalue weighted by Crippen LogP contribution is 2.30. The van der Waals surface area contributed by atoms with Crippen molar-refractivity contribution in [1.82, 2.24) is 5.32 Å². The van der Waals surface area contributed by atoms with Gasteiger partial charge in [0.25, 0.3) is 5.91 Å². The zero-order valence-electron chi connectivity index (χ0n) is 17.9. The average molecular weight is 445 g/mol. The molecule has 2 heterocycles. The molecule has 33 heavy (non-hydrogen) atoms. The molecule has 0 bridgehead atoms. The minimum absolute atomic E-state index is 0.176. The summed E-state index contributed by atoms with van der Waals surface area (Å²) in [7, 11) is 0. The van der Waals surface area contributed by atoms with E-state index < -0.39 is 5.91 Å². The third-order valence-electron chi connectivity index (χ3n) is 5.78. The molecule has 0 atom stereocenters. The Hall–Kier alpha value is -3.84. The number of hydrogen-bond donors (Lipinski definition) is 3. The maximum Gasteiger partial charge on any atom is 0.291 e. The van der Waals surface area contributed by atoms with Gasteiger partial charge in [0, 0.05) is 11.5 Å². The number of carbonyl (C=O) groups is 1. The first-order valence-corrected chi connectivity index (χ1v) is 10.9. The van der Waals surface area contributed by atoms with E-state index in [1.807, 2.05) is 24.3 Å². The lowest BCUT2D eigenvalue weighted by Gasteiger charge is -2.23. The molecule has 7 heteroatoms. The number of nitrogens with two attached hydrogens (primary N) is 1. The monoisotopic (exact) mass is 445 g/mol. The Labute approximate surface area is 190 Å². The van der Waals surface area contributed by atoms with E-state index in [1.165, 1.54) is 12.1 Å². The number of fused-ring (bicyclic) bond motifs is 1. The first kappa shape index (κ1) is 21.0. The van der Waals surface area contributed by atoms with Crippen molar-refractivity contribution < 1.29 is 18.3 Å². The minimum Gasteiger partial charge on any atom is -0.490 e. The number of nitrogens with one attached hydrogen (secondary N) is 2. The van der Waals surface area contributed by atoms with E-state index in [4.69, 9.17) is 14.9 Å². The largest absolute Gasteiger partial charge is 0.490 e. The Morgan fingerprint density at radius 2 is 1.76 bits per heavy atom. The summed E-state index contributed by atoms with van der Waals surface area (Å²) in [5, 5.41) is 6.95. The smallest absolute Gasteiger partial charge is 0.291 e. The number of amides is 1. The Morgan fingerprint density at radius 1 is 1.00 bits per heavy atom. The summed E-state index contributed by atoms with van der Waals surface area (Å²) >= 11 is 0. The van der Waals surface area contributed by atoms with Crippen molar-refractivity contribution in [2.24, 2.45) is 0 Å². The van der Waals surface area contributed by atoms with E-state index in [0.29, 0.717) is 17.0 Å². The summed E-state index contributed by atoms with van der Waals surface area (Å²) in [6, 6.07) is 18.7. The van der Waals surface area contributed by atoms with Crippen LogP contribution in [-0.4, -0.2) is 25.1 Å². The highest BCUT2D eigenvalue weighted by Gasteiger charge is 2.17. The van der Waals surface area contributed by atoms with E-state index in [1.54, 1.807) is 30.3 Å². The number of carbonyl (C=O) groups excluding carboxylic acids is 1. The van der Waals surface area contributed by atoms with Crippen molar-refractivity contribution in [2.75, 3.05) is 24.1 Å². The van der Waals surface area contributed by atoms with Gasteiger partial charge < -0.3 is 25.5 Å². The fourth-order valence-corrected chi connectivity index (χ4v) is 3.97. The number of anilines is 2. The predicted octanol–water partition coefficient (Wildman–Crippen LogP) is 5.20. The van der Waals surface area contributed by atoms with Crippen LogP contribution in [0, 0.1) is 5.82 Å². The molecule has 0 saturated carbocycles. The molecule has 1 amide bonds. The molecule has 0 spiro atoms. The molecule has 3 aromatic carbocycles. The highest BCUT2D eigenvalue weighted by atomic mass is 19.1. The number of halogens is 1. The van der Waals surface area contributed by atoms with Gasteiger partial charge in [-0.3, -0.25) is 4.79 Å². The van der Waals surface area contributed by atoms with Gasteiger partial charge in [-0.05, 0) is 79.5 Å². The molecular weight excluding hydrogens is 421 g/mol. The molecule has 4 aromatic rings. The number of furan rings is 1. The van der Waals surface area contributed by atoms with Gasteiger partial charge in [0.15, 0.2) is 5.76 Å². The molecule has 1 fully saturated rings. The summed E-state index contributed by atoms with van der Waals surface area (Å²) in [4.78, 5) is 12.9. The van der Waals surface area contributed by atoms with Crippen molar-refractivity contribution in [3.63, 3.8) is 0 Å². The number of ether oxygens (including phenoxy) is 1. The third kappa shape index (κ3) is 4.68. The van der Waals surface area contributed by atoms with E-state index in [2.05, 4.69) is 10.6 Å². The van der Waals surface area contributed by atoms with E-state index in [0.717, 1.165) is 48.2 Å². The maximum atomic E-state index is 13.2. The first-order valence-electron chi connectivity index (χ1n) is 10.9. The summed E-state index contributed by atoms with van der Waals surface area (Å²) in [5.74, 6) is 0.189. The van der Waals surface area contributed by atoms with Gasteiger partial charge in [-0.15, -0.1) is 0 Å². The molecule has 168 valence electrons. The van der Waals surface area contributed by atoms with Crippen LogP contribution in [0.4, 0.5) is 15.8 Å². The van der Waals surface area contributed by atoms with Gasteiger partial charge in [0.2, 0.25) is 0 Å². The summed E-state index contributed by atoms with van der Waals surface area (Å²) < 4.78 is 25.1. The number of nitrogen functional groups attached to an aromatic ring is 1. The lowest BCUT2D eigenvalue weighted by atomic mass is 10.0. The van der Waals surface area contributed by atoms with Crippen LogP contribution >= 0.6 is 0 Å². The van der Waals surface area contributed by atoms with Gasteiger partial charge in [-0.1, -0.05) is 18.2 Å². The lowest BCUT2D eigenvalue weighted by molar-refractivity contribution is 0.0998. The van der Waals surface area contributed by atoms with Crippen molar-refractivity contribution in [1.29, 1.82) is 0 Å². The number of piperidine rings is 1. The molecule has 1 aliphatic rings. The van der Waals surface area contributed by atoms with Gasteiger partial charge in [0.1, 0.15) is 23.3 Å². The number of rotatable bonds is 5. The molecule has 1 aromatic heterocycles. The maximum absolute atomic E-state index is 13.2. The van der Waals surface area contributed by atoms with E-state index >= 15 is 0 Å². The predicted molar refractivity (Wildman–Crippen MR) is 127 cm³/mol. The molecule has 5 rings (SSSR count). The third-order valence-corrected chi connectivity index (χ3v) is 5.78. The van der Waals surface area contributed by atoms with Crippen LogP contribution in [0.25, 0.3) is 22.1 Å². The van der Waals surface area contributed by atoms with Crippen molar-refractivity contribution in [3.05, 3.63) is 78.3 Å². The minimum atomic E-state index is -0.407. The fraction of sp³-hybridized carbons (Fsp3) is 0.192. The van der Waals surface area contributed by atoms with Crippen LogP contribution in [0.2, 0.25) is 0 Å². The topological polar surface area (TPSA) is 89.5 Å². The van der Waals surface area contributed by atoms with Crippen LogP contribution in [0.3, 0.4) is 0 Å². The molecule has 1 saturated heterocycles. The van der Waals surface area contributed by atoms with Gasteiger partial charge >= 0.3 is 0 Å². The molecule has 4 N–H and O–H groups in total. The first-order chi connectivity index (χ1) is 16.0. The second kappa shape index (κ2) is 8.96. The van der Waals surface area contributed by atoms with E-state index in [9.17, 15) is 9.18 Å². The zero-order valence-corrected chi connectivity index (χ0v) is 17.9. The van der Waals surface area contributed by atoms with Gasteiger partial charge in [-0.2, -0.15) is 0 Å². The van der Waals surface area contributed by atoms with Gasteiger partial charge in [-0.25, -0.2) is 4.39 Å². The van der Waals surface area contributed by atoms with Crippen LogP contribution in [0.1, 0.15) is 23.4 Å². The molecule has 1 aliphatic heterocycles. The molecule has 6 nitrogen and oxygen atoms in total. The molecular formula is C26H24FN3O3. The highest BCUT2D eigenvalue weighted by molar-refractivity contribution is 6.06. The fourth-order valence-electron chi connectivity index (χ4n) is 3.97. The summed E-state index contributed by atoms with van der Waals surface area (Å²) in [6.07, 6.45) is 2.10. The molecule has 0 aliphatic carbocycles. The zero-order chi connectivity index (χ0) is 22.8. The number of hydrogen-bond acceptors (Lipinski definition) is 5. The number of benzene rings is 3. The SMILES string of the molecule is Nc1ccc(-c2ccc(F)cc2)cc1NC(=O)c1cc2ccc(OC3CCNCC3)cc2o1. The second-order valence-corrected chi connectivity index (χ2v) is 8.14. The van der Waals surface area contributed by atoms with Crippen molar-refractivity contribution in [3.8, 4) is 16.9 Å². The lowest BCUT2D eigenvalue weighted by Crippen LogP contribution is -2.34. The Kier molecular flexibility index (Phi) is 5.71. The van der Waals surface area contributed by atoms with Crippen LogP contribution < -0.4 is 21.1 Å². The standard InChI is InChI=1S/C26H24FN3O3/c27-19-5-1-16(2-6-19)17-4-8-22(28)23(13-17)30-26(31)25-14-18-3-7-21(15-24(18)33-25)32-20-9-11-29-12-10-20/h1-8,13-15,20,29H,9-12,28H2,(H,30,31).